The van der Waals surface area contributed by atoms with Gasteiger partial charge in [0.2, 0.25) is 0 Å². The Morgan fingerprint density at radius 1 is 0.600 bits per heavy atom. The lowest BCUT2D eigenvalue weighted by molar-refractivity contribution is 1.18. The molecule has 0 fully saturated rings. The highest BCUT2D eigenvalue weighted by Crippen LogP contribution is 2.37. The zero-order valence-corrected chi connectivity index (χ0v) is 18.7. The fourth-order valence-electron chi connectivity index (χ4n) is 4.69. The van der Waals surface area contributed by atoms with Crippen molar-refractivity contribution in [2.75, 3.05) is 0 Å². The Hall–Kier alpha value is -5.19. The maximum Gasteiger partial charge on any atom is 0.101 e. The third kappa shape index (κ3) is 3.42. The Balaban J connectivity index is 1.57. The summed E-state index contributed by atoms with van der Waals surface area (Å²) in [6.07, 6.45) is 1.60. The molecule has 0 N–H and O–H groups in total. The van der Waals surface area contributed by atoms with Crippen molar-refractivity contribution in [3.8, 4) is 40.2 Å². The van der Waals surface area contributed by atoms with Crippen molar-refractivity contribution >= 4 is 21.8 Å². The van der Waals surface area contributed by atoms with E-state index in [0.717, 1.165) is 49.9 Å². The van der Waals surface area contributed by atoms with Crippen molar-refractivity contribution in [3.05, 3.63) is 120 Å². The van der Waals surface area contributed by atoms with E-state index in [1.807, 2.05) is 54.6 Å². The zero-order valence-electron chi connectivity index (χ0n) is 18.7. The molecular weight excluding hydrogens is 428 g/mol. The molecule has 4 heteroatoms. The number of para-hydroxylation sites is 2. The standard InChI is InChI=1S/C31H18N4/c32-18-21-13-15-31-27(16-21)26-9-2-4-11-30(26)35(31)29-10-3-1-8-25(29)23-6-5-7-24(17-23)28-14-12-22(19-33)20-34-28/h1-17,20H. The summed E-state index contributed by atoms with van der Waals surface area (Å²) >= 11 is 0. The first-order valence-corrected chi connectivity index (χ1v) is 11.3. The Morgan fingerprint density at radius 2 is 1.34 bits per heavy atom. The van der Waals surface area contributed by atoms with Gasteiger partial charge in [-0.25, -0.2) is 0 Å². The van der Waals surface area contributed by atoms with Gasteiger partial charge >= 0.3 is 0 Å². The predicted octanol–water partition coefficient (Wildman–Crippen LogP) is 7.26. The van der Waals surface area contributed by atoms with Gasteiger partial charge in [-0.05, 0) is 54.1 Å². The number of pyridine rings is 1. The van der Waals surface area contributed by atoms with E-state index in [4.69, 9.17) is 5.26 Å². The minimum absolute atomic E-state index is 0.543. The highest BCUT2D eigenvalue weighted by Gasteiger charge is 2.16. The number of fused-ring (bicyclic) bond motifs is 3. The molecule has 0 aliphatic heterocycles. The van der Waals surface area contributed by atoms with Crippen LogP contribution in [-0.2, 0) is 0 Å². The van der Waals surface area contributed by atoms with E-state index in [1.165, 1.54) is 0 Å². The Labute approximate surface area is 202 Å². The van der Waals surface area contributed by atoms with Crippen molar-refractivity contribution in [1.29, 1.82) is 10.5 Å². The molecule has 0 atom stereocenters. The van der Waals surface area contributed by atoms with Gasteiger partial charge in [-0.1, -0.05) is 54.6 Å². The summed E-state index contributed by atoms with van der Waals surface area (Å²) in [5, 5.41) is 20.7. The lowest BCUT2D eigenvalue weighted by atomic mass is 9.99. The van der Waals surface area contributed by atoms with E-state index in [2.05, 4.69) is 64.2 Å². The van der Waals surface area contributed by atoms with Crippen molar-refractivity contribution in [2.24, 2.45) is 0 Å². The molecule has 162 valence electrons. The second-order valence-electron chi connectivity index (χ2n) is 8.34. The second-order valence-corrected chi connectivity index (χ2v) is 8.34. The van der Waals surface area contributed by atoms with E-state index in [-0.39, 0.29) is 0 Å². The van der Waals surface area contributed by atoms with Gasteiger partial charge in [-0.3, -0.25) is 4.98 Å². The average molecular weight is 447 g/mol. The highest BCUT2D eigenvalue weighted by molar-refractivity contribution is 6.10. The SMILES string of the molecule is N#Cc1ccc(-c2cccc(-c3ccccc3-n3c4ccccc4c4cc(C#N)ccc43)c2)nc1. The summed E-state index contributed by atoms with van der Waals surface area (Å²) in [5.41, 5.74) is 8.38. The Bertz CT molecular complexity index is 1810. The number of rotatable bonds is 3. The van der Waals surface area contributed by atoms with Crippen LogP contribution in [-0.4, -0.2) is 9.55 Å². The molecule has 0 radical (unpaired) electrons. The molecule has 0 bridgehead atoms. The molecule has 2 heterocycles. The van der Waals surface area contributed by atoms with Crippen molar-refractivity contribution < 1.29 is 0 Å². The summed E-state index contributed by atoms with van der Waals surface area (Å²) in [5.74, 6) is 0. The van der Waals surface area contributed by atoms with Gasteiger partial charge in [-0.2, -0.15) is 10.5 Å². The molecule has 0 saturated carbocycles. The monoisotopic (exact) mass is 446 g/mol. The zero-order chi connectivity index (χ0) is 23.8. The lowest BCUT2D eigenvalue weighted by Crippen LogP contribution is -1.97. The molecule has 4 nitrogen and oxygen atoms in total. The minimum Gasteiger partial charge on any atom is -0.309 e. The molecule has 0 amide bonds. The Kier molecular flexibility index (Phi) is 4.84. The van der Waals surface area contributed by atoms with Crippen LogP contribution in [0.1, 0.15) is 11.1 Å². The van der Waals surface area contributed by atoms with Gasteiger partial charge in [0.1, 0.15) is 6.07 Å². The molecule has 0 aliphatic rings. The first-order valence-electron chi connectivity index (χ1n) is 11.3. The van der Waals surface area contributed by atoms with Gasteiger partial charge in [-0.15, -0.1) is 0 Å². The van der Waals surface area contributed by atoms with Crippen molar-refractivity contribution in [1.82, 2.24) is 9.55 Å². The first kappa shape index (κ1) is 20.4. The molecule has 4 aromatic carbocycles. The third-order valence-electron chi connectivity index (χ3n) is 6.31. The molecule has 0 saturated heterocycles. The molecule has 6 rings (SSSR count). The average Bonchev–Trinajstić information content (AvgIpc) is 3.26. The quantitative estimate of drug-likeness (QED) is 0.287. The lowest BCUT2D eigenvalue weighted by Gasteiger charge is -2.14. The second kappa shape index (κ2) is 8.30. The molecule has 2 aromatic heterocycles. The molecule has 0 spiro atoms. The first-order chi connectivity index (χ1) is 17.3. The molecule has 6 aromatic rings. The fraction of sp³-hybridized carbons (Fsp3) is 0. The minimum atomic E-state index is 0.543. The summed E-state index contributed by atoms with van der Waals surface area (Å²) in [4.78, 5) is 4.47. The van der Waals surface area contributed by atoms with Crippen LogP contribution in [0.5, 0.6) is 0 Å². The molecule has 0 aliphatic carbocycles. The number of aromatic nitrogens is 2. The van der Waals surface area contributed by atoms with E-state index in [1.54, 1.807) is 12.3 Å². The number of hydrogen-bond donors (Lipinski definition) is 0. The third-order valence-corrected chi connectivity index (χ3v) is 6.31. The summed E-state index contributed by atoms with van der Waals surface area (Å²) in [6, 6.07) is 38.9. The van der Waals surface area contributed by atoms with Gasteiger partial charge in [0.05, 0.1) is 39.6 Å². The van der Waals surface area contributed by atoms with Crippen LogP contribution in [0.2, 0.25) is 0 Å². The summed E-state index contributed by atoms with van der Waals surface area (Å²) < 4.78 is 2.27. The number of nitriles is 2. The van der Waals surface area contributed by atoms with Crippen molar-refractivity contribution in [2.45, 2.75) is 0 Å². The van der Waals surface area contributed by atoms with Gasteiger partial charge in [0, 0.05) is 28.1 Å². The van der Waals surface area contributed by atoms with Crippen molar-refractivity contribution in [3.63, 3.8) is 0 Å². The van der Waals surface area contributed by atoms with Crippen LogP contribution >= 0.6 is 0 Å². The van der Waals surface area contributed by atoms with E-state index in [0.29, 0.717) is 11.1 Å². The van der Waals surface area contributed by atoms with E-state index >= 15 is 0 Å². The van der Waals surface area contributed by atoms with E-state index in [9.17, 15) is 5.26 Å². The van der Waals surface area contributed by atoms with Crippen LogP contribution in [0.25, 0.3) is 49.9 Å². The van der Waals surface area contributed by atoms with Crippen LogP contribution in [0.15, 0.2) is 109 Å². The van der Waals surface area contributed by atoms with Crippen LogP contribution in [0.3, 0.4) is 0 Å². The van der Waals surface area contributed by atoms with Crippen LogP contribution in [0.4, 0.5) is 0 Å². The van der Waals surface area contributed by atoms with Gasteiger partial charge in [0.15, 0.2) is 0 Å². The summed E-state index contributed by atoms with van der Waals surface area (Å²) in [6.45, 7) is 0. The molecule has 0 unspecified atom stereocenters. The highest BCUT2D eigenvalue weighted by atomic mass is 15.0. The molecule has 35 heavy (non-hydrogen) atoms. The van der Waals surface area contributed by atoms with Crippen LogP contribution < -0.4 is 0 Å². The number of benzene rings is 4. The predicted molar refractivity (Wildman–Crippen MR) is 139 cm³/mol. The maximum absolute atomic E-state index is 9.46. The molecular formula is C31H18N4. The number of hydrogen-bond acceptors (Lipinski definition) is 3. The topological polar surface area (TPSA) is 65.4 Å². The normalized spacial score (nSPS) is 10.8. The smallest absolute Gasteiger partial charge is 0.101 e. The maximum atomic E-state index is 9.46. The largest absolute Gasteiger partial charge is 0.309 e. The van der Waals surface area contributed by atoms with Gasteiger partial charge in [0.25, 0.3) is 0 Å². The Morgan fingerprint density at radius 3 is 2.17 bits per heavy atom. The van der Waals surface area contributed by atoms with E-state index < -0.39 is 0 Å². The summed E-state index contributed by atoms with van der Waals surface area (Å²) in [7, 11) is 0. The van der Waals surface area contributed by atoms with Gasteiger partial charge < -0.3 is 4.57 Å². The van der Waals surface area contributed by atoms with Crippen LogP contribution in [0, 0.1) is 22.7 Å². The number of nitrogens with zero attached hydrogens (tertiary/aromatic N) is 4. The fourth-order valence-corrected chi connectivity index (χ4v) is 4.69.